The first kappa shape index (κ1) is 14.3. The topological polar surface area (TPSA) is 78.0 Å². The van der Waals surface area contributed by atoms with E-state index in [-0.39, 0.29) is 5.92 Å². The Bertz CT molecular complexity index is 623. The van der Waals surface area contributed by atoms with Crippen LogP contribution in [-0.2, 0) is 0 Å². The molecule has 2 N–H and O–H groups in total. The second kappa shape index (κ2) is 5.10. The second-order valence-corrected chi connectivity index (χ2v) is 5.69. The van der Waals surface area contributed by atoms with Crippen LogP contribution in [0.25, 0.3) is 10.4 Å². The van der Waals surface area contributed by atoms with Gasteiger partial charge in [-0.25, -0.2) is 0 Å². The summed E-state index contributed by atoms with van der Waals surface area (Å²) in [6.45, 7) is 8.48. The molecular weight excluding hydrogens is 250 g/mol. The molecule has 5 nitrogen and oxygen atoms in total. The molecule has 1 atom stereocenters. The Morgan fingerprint density at radius 3 is 2.60 bits per heavy atom. The Hall–Kier alpha value is -2.13. The van der Waals surface area contributed by atoms with Crippen molar-refractivity contribution >= 4 is 5.69 Å². The van der Waals surface area contributed by atoms with E-state index in [9.17, 15) is 0 Å². The summed E-state index contributed by atoms with van der Waals surface area (Å²) in [4.78, 5) is 4.85. The Morgan fingerprint density at radius 1 is 1.40 bits per heavy atom. The molecule has 20 heavy (non-hydrogen) atoms. The van der Waals surface area contributed by atoms with Crippen LogP contribution in [0.3, 0.4) is 0 Å². The number of benzene rings is 1. The van der Waals surface area contributed by atoms with Gasteiger partial charge in [0.2, 0.25) is 0 Å². The Labute approximate surface area is 119 Å². The molecular formula is C15H21N5. The van der Waals surface area contributed by atoms with Crippen LogP contribution in [0.4, 0.5) is 5.69 Å². The van der Waals surface area contributed by atoms with E-state index < -0.39 is 0 Å². The van der Waals surface area contributed by atoms with Gasteiger partial charge in [0.05, 0.1) is 5.70 Å². The first-order valence-corrected chi connectivity index (χ1v) is 6.81. The summed E-state index contributed by atoms with van der Waals surface area (Å²) in [5, 5.41) is 3.79. The minimum Gasteiger partial charge on any atom is -0.385 e. The summed E-state index contributed by atoms with van der Waals surface area (Å²) in [6.07, 6.45) is 0. The molecule has 0 radical (unpaired) electrons. The summed E-state index contributed by atoms with van der Waals surface area (Å²) in [5.74, 6) is 0.954. The van der Waals surface area contributed by atoms with Gasteiger partial charge >= 0.3 is 0 Å². The fraction of sp³-hybridized carbons (Fsp3) is 0.467. The SMILES string of the molecule is Cc1cc(C(C)C)c2c(c1)C(C)C(N=[N+]=[N-])=C(N)N2C. The zero-order chi connectivity index (χ0) is 15.0. The van der Waals surface area contributed by atoms with Crippen LogP contribution in [0.1, 0.15) is 49.3 Å². The molecule has 1 aromatic carbocycles. The van der Waals surface area contributed by atoms with E-state index >= 15 is 0 Å². The molecule has 1 aliphatic rings. The highest BCUT2D eigenvalue weighted by molar-refractivity contribution is 5.69. The van der Waals surface area contributed by atoms with E-state index in [1.54, 1.807) is 0 Å². The van der Waals surface area contributed by atoms with Crippen molar-refractivity contribution in [3.8, 4) is 0 Å². The van der Waals surface area contributed by atoms with Gasteiger partial charge in [0.25, 0.3) is 0 Å². The lowest BCUT2D eigenvalue weighted by Crippen LogP contribution is -2.31. The van der Waals surface area contributed by atoms with Crippen molar-refractivity contribution in [3.63, 3.8) is 0 Å². The molecule has 5 heteroatoms. The number of nitrogens with zero attached hydrogens (tertiary/aromatic N) is 4. The van der Waals surface area contributed by atoms with Crippen LogP contribution in [0, 0.1) is 6.92 Å². The average molecular weight is 271 g/mol. The molecule has 0 bridgehead atoms. The molecule has 1 unspecified atom stereocenters. The smallest absolute Gasteiger partial charge is 0.109 e. The molecule has 0 amide bonds. The largest absolute Gasteiger partial charge is 0.385 e. The highest BCUT2D eigenvalue weighted by Gasteiger charge is 2.29. The van der Waals surface area contributed by atoms with Gasteiger partial charge in [-0.2, -0.15) is 0 Å². The number of hydrogen-bond acceptors (Lipinski definition) is 3. The van der Waals surface area contributed by atoms with Crippen molar-refractivity contribution in [3.05, 3.63) is 50.8 Å². The van der Waals surface area contributed by atoms with Gasteiger partial charge in [-0.05, 0) is 29.5 Å². The number of aryl methyl sites for hydroxylation is 1. The van der Waals surface area contributed by atoms with Gasteiger partial charge in [0.1, 0.15) is 5.82 Å². The predicted molar refractivity (Wildman–Crippen MR) is 82.4 cm³/mol. The zero-order valence-corrected chi connectivity index (χ0v) is 12.7. The quantitative estimate of drug-likeness (QED) is 0.499. The maximum atomic E-state index is 8.74. The standard InChI is InChI=1S/C15H21N5/c1-8(2)11-6-9(3)7-12-10(4)13(18-19-17)15(16)20(5)14(11)12/h6-8,10H,16H2,1-5H3. The number of nitrogens with two attached hydrogens (primary N) is 1. The van der Waals surface area contributed by atoms with E-state index in [1.165, 1.54) is 16.7 Å². The third kappa shape index (κ3) is 2.10. The maximum absolute atomic E-state index is 8.74. The Balaban J connectivity index is 2.75. The highest BCUT2D eigenvalue weighted by atomic mass is 15.2. The van der Waals surface area contributed by atoms with Gasteiger partial charge in [0.15, 0.2) is 0 Å². The van der Waals surface area contributed by atoms with Crippen molar-refractivity contribution in [2.45, 2.75) is 39.5 Å². The summed E-state index contributed by atoms with van der Waals surface area (Å²) in [7, 11) is 1.92. The lowest BCUT2D eigenvalue weighted by Gasteiger charge is -2.35. The zero-order valence-electron chi connectivity index (χ0n) is 12.7. The van der Waals surface area contributed by atoms with E-state index in [1.807, 2.05) is 18.9 Å². The van der Waals surface area contributed by atoms with Gasteiger partial charge in [0, 0.05) is 23.6 Å². The fourth-order valence-corrected chi connectivity index (χ4v) is 2.84. The van der Waals surface area contributed by atoms with Crippen LogP contribution >= 0.6 is 0 Å². The number of hydrogen-bond donors (Lipinski definition) is 1. The molecule has 1 aromatic rings. The van der Waals surface area contributed by atoms with E-state index in [0.29, 0.717) is 17.4 Å². The van der Waals surface area contributed by atoms with E-state index in [2.05, 4.69) is 42.9 Å². The summed E-state index contributed by atoms with van der Waals surface area (Å²) < 4.78 is 0. The molecule has 2 rings (SSSR count). The highest BCUT2D eigenvalue weighted by Crippen LogP contribution is 2.43. The Kier molecular flexibility index (Phi) is 3.64. The maximum Gasteiger partial charge on any atom is 0.109 e. The second-order valence-electron chi connectivity index (χ2n) is 5.69. The summed E-state index contributed by atoms with van der Waals surface area (Å²) in [5.41, 5.74) is 20.3. The number of anilines is 1. The molecule has 0 saturated heterocycles. The summed E-state index contributed by atoms with van der Waals surface area (Å²) >= 11 is 0. The molecule has 0 aromatic heterocycles. The van der Waals surface area contributed by atoms with E-state index in [4.69, 9.17) is 11.3 Å². The van der Waals surface area contributed by atoms with Crippen LogP contribution in [-0.4, -0.2) is 7.05 Å². The molecule has 1 aliphatic heterocycles. The number of fused-ring (bicyclic) bond motifs is 1. The third-order valence-electron chi connectivity index (χ3n) is 3.92. The minimum atomic E-state index is 0.00880. The molecule has 0 saturated carbocycles. The Morgan fingerprint density at radius 2 is 2.05 bits per heavy atom. The molecule has 0 spiro atoms. The van der Waals surface area contributed by atoms with Gasteiger partial charge in [-0.1, -0.05) is 43.6 Å². The van der Waals surface area contributed by atoms with Crippen LogP contribution < -0.4 is 10.6 Å². The minimum absolute atomic E-state index is 0.00880. The van der Waals surface area contributed by atoms with Crippen LogP contribution in [0.2, 0.25) is 0 Å². The van der Waals surface area contributed by atoms with Crippen molar-refractivity contribution in [1.29, 1.82) is 0 Å². The molecule has 1 heterocycles. The predicted octanol–water partition coefficient (Wildman–Crippen LogP) is 4.11. The first-order valence-electron chi connectivity index (χ1n) is 6.81. The number of rotatable bonds is 2. The summed E-state index contributed by atoms with van der Waals surface area (Å²) in [6, 6.07) is 4.36. The third-order valence-corrected chi connectivity index (χ3v) is 3.92. The first-order chi connectivity index (χ1) is 9.38. The van der Waals surface area contributed by atoms with Crippen molar-refractivity contribution in [2.24, 2.45) is 10.8 Å². The molecule has 0 fully saturated rings. The van der Waals surface area contributed by atoms with Gasteiger partial charge in [-0.15, -0.1) is 0 Å². The van der Waals surface area contributed by atoms with Crippen molar-refractivity contribution in [1.82, 2.24) is 0 Å². The monoisotopic (exact) mass is 271 g/mol. The lowest BCUT2D eigenvalue weighted by atomic mass is 9.85. The average Bonchev–Trinajstić information content (AvgIpc) is 2.40. The van der Waals surface area contributed by atoms with Crippen LogP contribution in [0.15, 0.2) is 28.8 Å². The van der Waals surface area contributed by atoms with Crippen LogP contribution in [0.5, 0.6) is 0 Å². The van der Waals surface area contributed by atoms with Crippen molar-refractivity contribution in [2.75, 3.05) is 11.9 Å². The van der Waals surface area contributed by atoms with Gasteiger partial charge < -0.3 is 10.6 Å². The normalized spacial score (nSPS) is 18.1. The number of azide groups is 1. The van der Waals surface area contributed by atoms with E-state index in [0.717, 1.165) is 5.69 Å². The lowest BCUT2D eigenvalue weighted by molar-refractivity contribution is 0.773. The van der Waals surface area contributed by atoms with Gasteiger partial charge in [-0.3, -0.25) is 0 Å². The van der Waals surface area contributed by atoms with Crippen molar-refractivity contribution < 1.29 is 0 Å². The molecule has 0 aliphatic carbocycles. The number of allylic oxidation sites excluding steroid dienone is 1. The fourth-order valence-electron chi connectivity index (χ4n) is 2.84. The molecule has 106 valence electrons.